The molecule has 0 spiro atoms. The van der Waals surface area contributed by atoms with Crippen molar-refractivity contribution in [1.82, 2.24) is 10.6 Å². The second-order valence-electron chi connectivity index (χ2n) is 7.04. The van der Waals surface area contributed by atoms with Gasteiger partial charge < -0.3 is 16.4 Å². The number of carbonyl (C=O) groups is 2. The molecule has 0 unspecified atom stereocenters. The zero-order valence-electron chi connectivity index (χ0n) is 14.5. The molecule has 0 aliphatic heterocycles. The van der Waals surface area contributed by atoms with Gasteiger partial charge in [-0.15, -0.1) is 0 Å². The van der Waals surface area contributed by atoms with E-state index in [1.54, 1.807) is 14.0 Å². The summed E-state index contributed by atoms with van der Waals surface area (Å²) in [6, 6.07) is -0.614. The van der Waals surface area contributed by atoms with Crippen molar-refractivity contribution in [2.24, 2.45) is 23.5 Å². The standard InChI is InChI=1S/C17H33N3O2/c1-11(2)16(19-4)17(22)20-15(12(3)21)9-13-5-7-14(10-18)8-6-13/h11,13-16,19H,5-10,18H2,1-4H3,(H,20,22)/t13?,14?,15-,16-/m0/s1. The maximum absolute atomic E-state index is 12.3. The average Bonchev–Trinajstić information content (AvgIpc) is 2.47. The summed E-state index contributed by atoms with van der Waals surface area (Å²) in [7, 11) is 1.78. The minimum absolute atomic E-state index is 0.0490. The topological polar surface area (TPSA) is 84.2 Å². The predicted molar refractivity (Wildman–Crippen MR) is 89.4 cm³/mol. The van der Waals surface area contributed by atoms with Gasteiger partial charge in [-0.1, -0.05) is 26.7 Å². The molecule has 0 aromatic carbocycles. The van der Waals surface area contributed by atoms with Crippen LogP contribution < -0.4 is 16.4 Å². The highest BCUT2D eigenvalue weighted by Crippen LogP contribution is 2.31. The fraction of sp³-hybridized carbons (Fsp3) is 0.882. The number of rotatable bonds is 8. The van der Waals surface area contributed by atoms with E-state index in [-0.39, 0.29) is 29.7 Å². The third-order valence-corrected chi connectivity index (χ3v) is 4.94. The molecule has 0 bridgehead atoms. The van der Waals surface area contributed by atoms with Crippen LogP contribution in [-0.4, -0.2) is 37.4 Å². The van der Waals surface area contributed by atoms with Crippen LogP contribution in [0.15, 0.2) is 0 Å². The van der Waals surface area contributed by atoms with E-state index in [0.29, 0.717) is 11.8 Å². The van der Waals surface area contributed by atoms with Crippen LogP contribution in [-0.2, 0) is 9.59 Å². The van der Waals surface area contributed by atoms with Crippen LogP contribution in [0.5, 0.6) is 0 Å². The molecule has 22 heavy (non-hydrogen) atoms. The van der Waals surface area contributed by atoms with Crippen molar-refractivity contribution in [3.63, 3.8) is 0 Å². The lowest BCUT2D eigenvalue weighted by molar-refractivity contribution is -0.129. The summed E-state index contributed by atoms with van der Waals surface area (Å²) in [6.07, 6.45) is 5.27. The van der Waals surface area contributed by atoms with Crippen molar-refractivity contribution in [3.05, 3.63) is 0 Å². The normalized spacial score (nSPS) is 24.8. The van der Waals surface area contributed by atoms with E-state index >= 15 is 0 Å². The van der Waals surface area contributed by atoms with Gasteiger partial charge >= 0.3 is 0 Å². The van der Waals surface area contributed by atoms with E-state index in [0.717, 1.165) is 38.6 Å². The first-order valence-corrected chi connectivity index (χ1v) is 8.57. The Labute approximate surface area is 134 Å². The zero-order chi connectivity index (χ0) is 16.7. The van der Waals surface area contributed by atoms with Gasteiger partial charge in [0.1, 0.15) is 0 Å². The van der Waals surface area contributed by atoms with E-state index < -0.39 is 0 Å². The summed E-state index contributed by atoms with van der Waals surface area (Å²) in [5.74, 6) is 1.32. The molecule has 0 heterocycles. The lowest BCUT2D eigenvalue weighted by Gasteiger charge is -2.30. The van der Waals surface area contributed by atoms with Crippen molar-refractivity contribution >= 4 is 11.7 Å². The van der Waals surface area contributed by atoms with Crippen molar-refractivity contribution < 1.29 is 9.59 Å². The van der Waals surface area contributed by atoms with Gasteiger partial charge in [0.05, 0.1) is 12.1 Å². The lowest BCUT2D eigenvalue weighted by Crippen LogP contribution is -2.51. The van der Waals surface area contributed by atoms with Crippen LogP contribution in [0.25, 0.3) is 0 Å². The van der Waals surface area contributed by atoms with Crippen molar-refractivity contribution in [2.45, 2.75) is 65.0 Å². The number of hydrogen-bond donors (Lipinski definition) is 3. The molecule has 128 valence electrons. The van der Waals surface area contributed by atoms with Crippen molar-refractivity contribution in [1.29, 1.82) is 0 Å². The minimum Gasteiger partial charge on any atom is -0.345 e. The summed E-state index contributed by atoms with van der Waals surface area (Å²) in [4.78, 5) is 24.2. The second-order valence-corrected chi connectivity index (χ2v) is 7.04. The van der Waals surface area contributed by atoms with E-state index in [4.69, 9.17) is 5.73 Å². The number of likely N-dealkylation sites (N-methyl/N-ethyl adjacent to an activating group) is 1. The van der Waals surface area contributed by atoms with Crippen LogP contribution >= 0.6 is 0 Å². The Morgan fingerprint density at radius 1 is 1.14 bits per heavy atom. The van der Waals surface area contributed by atoms with Crippen LogP contribution in [0.1, 0.15) is 52.9 Å². The Kier molecular flexibility index (Phi) is 8.04. The summed E-state index contributed by atoms with van der Waals surface area (Å²) >= 11 is 0. The van der Waals surface area contributed by atoms with Gasteiger partial charge in [-0.05, 0) is 57.5 Å². The number of amides is 1. The Morgan fingerprint density at radius 3 is 2.09 bits per heavy atom. The molecular formula is C17H33N3O2. The third kappa shape index (κ3) is 5.69. The van der Waals surface area contributed by atoms with Gasteiger partial charge in [-0.2, -0.15) is 0 Å². The predicted octanol–water partition coefficient (Wildman–Crippen LogP) is 1.46. The highest BCUT2D eigenvalue weighted by atomic mass is 16.2. The van der Waals surface area contributed by atoms with Crippen molar-refractivity contribution in [2.75, 3.05) is 13.6 Å². The molecule has 5 nitrogen and oxygen atoms in total. The average molecular weight is 311 g/mol. The Morgan fingerprint density at radius 2 is 1.68 bits per heavy atom. The minimum atomic E-state index is -0.360. The van der Waals surface area contributed by atoms with Gasteiger partial charge in [-0.25, -0.2) is 0 Å². The largest absolute Gasteiger partial charge is 0.345 e. The molecule has 0 saturated heterocycles. The second kappa shape index (κ2) is 9.26. The number of nitrogens with two attached hydrogens (primary N) is 1. The molecule has 0 aromatic heterocycles. The number of carbonyl (C=O) groups excluding carboxylic acids is 2. The SMILES string of the molecule is CN[C@H](C(=O)N[C@@H](CC1CCC(CN)CC1)C(C)=O)C(C)C. The quantitative estimate of drug-likeness (QED) is 0.633. The highest BCUT2D eigenvalue weighted by Gasteiger charge is 2.28. The summed E-state index contributed by atoms with van der Waals surface area (Å²) in [5.41, 5.74) is 5.72. The summed E-state index contributed by atoms with van der Waals surface area (Å²) in [5, 5.41) is 5.97. The molecule has 1 saturated carbocycles. The number of Topliss-reactive ketones (excluding diaryl/α,β-unsaturated/α-hetero) is 1. The van der Waals surface area contributed by atoms with E-state index in [2.05, 4.69) is 10.6 Å². The van der Waals surface area contributed by atoms with Crippen LogP contribution in [0, 0.1) is 17.8 Å². The number of ketones is 1. The maximum Gasteiger partial charge on any atom is 0.237 e. The molecule has 2 atom stereocenters. The molecular weight excluding hydrogens is 278 g/mol. The lowest BCUT2D eigenvalue weighted by atomic mass is 9.79. The summed E-state index contributed by atoms with van der Waals surface area (Å²) < 4.78 is 0. The third-order valence-electron chi connectivity index (χ3n) is 4.94. The van der Waals surface area contributed by atoms with Gasteiger partial charge in [-0.3, -0.25) is 9.59 Å². The number of nitrogens with one attached hydrogen (secondary N) is 2. The van der Waals surface area contributed by atoms with Crippen LogP contribution in [0.3, 0.4) is 0 Å². The van der Waals surface area contributed by atoms with Gasteiger partial charge in [0, 0.05) is 0 Å². The van der Waals surface area contributed by atoms with Gasteiger partial charge in [0.25, 0.3) is 0 Å². The van der Waals surface area contributed by atoms with E-state index in [1.165, 1.54) is 0 Å². The summed E-state index contributed by atoms with van der Waals surface area (Å²) in [6.45, 7) is 6.33. The first kappa shape index (κ1) is 19.1. The van der Waals surface area contributed by atoms with Crippen molar-refractivity contribution in [3.8, 4) is 0 Å². The molecule has 1 amide bonds. The fourth-order valence-corrected chi connectivity index (χ4v) is 3.39. The number of hydrogen-bond acceptors (Lipinski definition) is 4. The zero-order valence-corrected chi connectivity index (χ0v) is 14.5. The molecule has 5 heteroatoms. The van der Waals surface area contributed by atoms with E-state index in [9.17, 15) is 9.59 Å². The first-order valence-electron chi connectivity index (χ1n) is 8.57. The molecule has 4 N–H and O–H groups in total. The van der Waals surface area contributed by atoms with E-state index in [1.807, 2.05) is 13.8 Å². The van der Waals surface area contributed by atoms with Crippen LogP contribution in [0.4, 0.5) is 0 Å². The van der Waals surface area contributed by atoms with Gasteiger partial charge in [0.2, 0.25) is 5.91 Å². The first-order chi connectivity index (χ1) is 10.4. The molecule has 1 rings (SSSR count). The Balaban J connectivity index is 2.56. The van der Waals surface area contributed by atoms with Crippen LogP contribution in [0.2, 0.25) is 0 Å². The molecule has 0 radical (unpaired) electrons. The maximum atomic E-state index is 12.3. The van der Waals surface area contributed by atoms with Gasteiger partial charge in [0.15, 0.2) is 5.78 Å². The monoisotopic (exact) mass is 311 g/mol. The highest BCUT2D eigenvalue weighted by molar-refractivity contribution is 5.89. The Hall–Kier alpha value is -0.940. The molecule has 1 aliphatic rings. The molecule has 0 aromatic rings. The fourth-order valence-electron chi connectivity index (χ4n) is 3.39. The molecule has 1 fully saturated rings. The smallest absolute Gasteiger partial charge is 0.237 e. The molecule has 1 aliphatic carbocycles. The Bertz CT molecular complexity index is 363.